The number of piperazine rings is 1. The Balaban J connectivity index is 1.69. The van der Waals surface area contributed by atoms with Gasteiger partial charge in [-0.2, -0.15) is 0 Å². The Morgan fingerprint density at radius 1 is 1.00 bits per heavy atom. The molecule has 1 atom stereocenters. The first-order valence-corrected chi connectivity index (χ1v) is 7.38. The van der Waals surface area contributed by atoms with Crippen molar-refractivity contribution in [1.29, 1.82) is 0 Å². The molecule has 0 radical (unpaired) electrons. The molecule has 98 valence electrons. The number of benzene rings is 2. The molecule has 1 aliphatic carbocycles. The Bertz CT molecular complexity index is 583. The Hall–Kier alpha value is -1.54. The van der Waals surface area contributed by atoms with Crippen LogP contribution in [0.2, 0.25) is 0 Å². The third-order valence-corrected chi connectivity index (χ3v) is 4.50. The molecule has 1 heterocycles. The molecule has 0 amide bonds. The maximum absolute atomic E-state index is 3.69. The van der Waals surface area contributed by atoms with Gasteiger partial charge in [-0.1, -0.05) is 36.4 Å². The molecule has 1 N–H and O–H groups in total. The van der Waals surface area contributed by atoms with Crippen LogP contribution in [0.5, 0.6) is 0 Å². The van der Waals surface area contributed by atoms with Crippen LogP contribution < -0.4 is 10.2 Å². The van der Waals surface area contributed by atoms with E-state index in [2.05, 4.69) is 52.7 Å². The van der Waals surface area contributed by atoms with E-state index in [4.69, 9.17) is 0 Å². The molecule has 2 nitrogen and oxygen atoms in total. The third-order valence-electron chi connectivity index (χ3n) is 4.50. The number of hydrogen-bond donors (Lipinski definition) is 1. The van der Waals surface area contributed by atoms with E-state index in [0.29, 0.717) is 6.04 Å². The van der Waals surface area contributed by atoms with Gasteiger partial charge in [-0.15, -0.1) is 0 Å². The Morgan fingerprint density at radius 2 is 1.84 bits per heavy atom. The summed E-state index contributed by atoms with van der Waals surface area (Å²) in [6.45, 7) is 3.40. The summed E-state index contributed by atoms with van der Waals surface area (Å²) in [5.74, 6) is 0.928. The molecule has 19 heavy (non-hydrogen) atoms. The van der Waals surface area contributed by atoms with Crippen LogP contribution in [0.4, 0.5) is 5.69 Å². The minimum atomic E-state index is 0.702. The first-order valence-electron chi connectivity index (χ1n) is 7.38. The quantitative estimate of drug-likeness (QED) is 0.884. The van der Waals surface area contributed by atoms with Gasteiger partial charge in [0, 0.05) is 36.7 Å². The normalized spacial score (nSPS) is 23.8. The molecule has 0 spiro atoms. The highest BCUT2D eigenvalue weighted by molar-refractivity contribution is 5.94. The van der Waals surface area contributed by atoms with Crippen molar-refractivity contribution in [1.82, 2.24) is 5.32 Å². The van der Waals surface area contributed by atoms with Gasteiger partial charge in [0.25, 0.3) is 0 Å². The molecule has 0 aromatic heterocycles. The lowest BCUT2D eigenvalue weighted by atomic mass is 10.1. The average molecular weight is 252 g/mol. The first-order chi connectivity index (χ1) is 9.42. The minimum absolute atomic E-state index is 0.702. The number of nitrogens with zero attached hydrogens (tertiary/aromatic N) is 1. The third kappa shape index (κ3) is 2.10. The highest BCUT2D eigenvalue weighted by atomic mass is 15.2. The Kier molecular flexibility index (Phi) is 2.70. The number of anilines is 1. The van der Waals surface area contributed by atoms with Crippen LogP contribution in [0.25, 0.3) is 10.8 Å². The minimum Gasteiger partial charge on any atom is -0.368 e. The van der Waals surface area contributed by atoms with Crippen molar-refractivity contribution in [3.8, 4) is 0 Å². The van der Waals surface area contributed by atoms with E-state index in [1.165, 1.54) is 35.8 Å². The molecule has 2 aromatic carbocycles. The zero-order valence-corrected chi connectivity index (χ0v) is 11.2. The van der Waals surface area contributed by atoms with Gasteiger partial charge in [-0.25, -0.2) is 0 Å². The number of hydrogen-bond acceptors (Lipinski definition) is 2. The second-order valence-corrected chi connectivity index (χ2v) is 5.84. The summed E-state index contributed by atoms with van der Waals surface area (Å²) >= 11 is 0. The molecule has 0 bridgehead atoms. The van der Waals surface area contributed by atoms with E-state index in [1.54, 1.807) is 0 Å². The smallest absolute Gasteiger partial charge is 0.0446 e. The summed E-state index contributed by atoms with van der Waals surface area (Å²) in [4.78, 5) is 2.57. The average Bonchev–Trinajstić information content (AvgIpc) is 3.31. The van der Waals surface area contributed by atoms with Crippen LogP contribution in [0, 0.1) is 5.92 Å². The molecule has 1 aliphatic heterocycles. The molecule has 2 fully saturated rings. The van der Waals surface area contributed by atoms with Gasteiger partial charge >= 0.3 is 0 Å². The van der Waals surface area contributed by atoms with Crippen molar-refractivity contribution in [3.63, 3.8) is 0 Å². The van der Waals surface area contributed by atoms with Gasteiger partial charge in [0.05, 0.1) is 0 Å². The second kappa shape index (κ2) is 4.53. The van der Waals surface area contributed by atoms with Crippen LogP contribution in [0.3, 0.4) is 0 Å². The van der Waals surface area contributed by atoms with E-state index in [-0.39, 0.29) is 0 Å². The van der Waals surface area contributed by atoms with Crippen molar-refractivity contribution in [2.24, 2.45) is 5.92 Å². The van der Waals surface area contributed by atoms with Crippen molar-refractivity contribution in [2.45, 2.75) is 18.9 Å². The molecule has 1 unspecified atom stereocenters. The first kappa shape index (κ1) is 11.3. The maximum Gasteiger partial charge on any atom is 0.0446 e. The summed E-state index contributed by atoms with van der Waals surface area (Å²) in [6, 6.07) is 16.1. The molecule has 2 aromatic rings. The lowest BCUT2D eigenvalue weighted by Crippen LogP contribution is -2.51. The lowest BCUT2D eigenvalue weighted by molar-refractivity contribution is 0.419. The van der Waals surface area contributed by atoms with Gasteiger partial charge in [-0.3, -0.25) is 0 Å². The summed E-state index contributed by atoms with van der Waals surface area (Å²) in [5.41, 5.74) is 1.41. The Labute approximate surface area is 114 Å². The van der Waals surface area contributed by atoms with E-state index in [1.807, 2.05) is 0 Å². The van der Waals surface area contributed by atoms with Crippen molar-refractivity contribution in [2.75, 3.05) is 24.5 Å². The van der Waals surface area contributed by atoms with E-state index < -0.39 is 0 Å². The number of nitrogens with one attached hydrogen (secondary N) is 1. The fraction of sp³-hybridized carbons (Fsp3) is 0.412. The second-order valence-electron chi connectivity index (χ2n) is 5.84. The Morgan fingerprint density at radius 3 is 2.74 bits per heavy atom. The van der Waals surface area contributed by atoms with Crippen molar-refractivity contribution in [3.05, 3.63) is 42.5 Å². The molecular formula is C17H20N2. The maximum atomic E-state index is 3.69. The predicted molar refractivity (Wildman–Crippen MR) is 80.7 cm³/mol. The summed E-state index contributed by atoms with van der Waals surface area (Å²) < 4.78 is 0. The van der Waals surface area contributed by atoms with E-state index in [9.17, 15) is 0 Å². The summed E-state index contributed by atoms with van der Waals surface area (Å²) in [6.07, 6.45) is 2.84. The highest BCUT2D eigenvalue weighted by Gasteiger charge is 2.34. The summed E-state index contributed by atoms with van der Waals surface area (Å²) in [7, 11) is 0. The van der Waals surface area contributed by atoms with Crippen LogP contribution in [0.15, 0.2) is 42.5 Å². The monoisotopic (exact) mass is 252 g/mol. The van der Waals surface area contributed by atoms with Gasteiger partial charge in [0.15, 0.2) is 0 Å². The lowest BCUT2D eigenvalue weighted by Gasteiger charge is -2.36. The molecule has 4 rings (SSSR count). The summed E-state index contributed by atoms with van der Waals surface area (Å²) in [5, 5.41) is 6.43. The number of rotatable bonds is 2. The van der Waals surface area contributed by atoms with Gasteiger partial charge < -0.3 is 10.2 Å². The van der Waals surface area contributed by atoms with Gasteiger partial charge in [0.2, 0.25) is 0 Å². The zero-order valence-electron chi connectivity index (χ0n) is 11.2. The van der Waals surface area contributed by atoms with Crippen LogP contribution in [-0.2, 0) is 0 Å². The largest absolute Gasteiger partial charge is 0.368 e. The number of fused-ring (bicyclic) bond motifs is 1. The highest BCUT2D eigenvalue weighted by Crippen LogP contribution is 2.35. The van der Waals surface area contributed by atoms with Crippen molar-refractivity contribution < 1.29 is 0 Å². The van der Waals surface area contributed by atoms with Gasteiger partial charge in [0.1, 0.15) is 0 Å². The topological polar surface area (TPSA) is 15.3 Å². The molecule has 2 heteroatoms. The van der Waals surface area contributed by atoms with Crippen LogP contribution in [-0.4, -0.2) is 25.7 Å². The fourth-order valence-corrected chi connectivity index (χ4v) is 3.30. The van der Waals surface area contributed by atoms with E-state index >= 15 is 0 Å². The van der Waals surface area contributed by atoms with Crippen LogP contribution in [0.1, 0.15) is 12.8 Å². The molecule has 2 aliphatic rings. The fourth-order valence-electron chi connectivity index (χ4n) is 3.30. The SMILES string of the molecule is c1ccc2c(N3CCNC(C4CC4)C3)cccc2c1. The van der Waals surface area contributed by atoms with E-state index in [0.717, 1.165) is 19.0 Å². The standard InChI is InChI=1S/C17H20N2/c1-2-6-15-13(4-1)5-3-7-17(15)19-11-10-18-16(12-19)14-8-9-14/h1-7,14,16,18H,8-12H2. The predicted octanol–water partition coefficient (Wildman–Crippen LogP) is 3.03. The van der Waals surface area contributed by atoms with Gasteiger partial charge in [-0.05, 0) is 30.2 Å². The van der Waals surface area contributed by atoms with Crippen LogP contribution >= 0.6 is 0 Å². The molecule has 1 saturated heterocycles. The molecular weight excluding hydrogens is 232 g/mol. The zero-order chi connectivity index (χ0) is 12.7. The molecule has 1 saturated carbocycles. The van der Waals surface area contributed by atoms with Crippen molar-refractivity contribution >= 4 is 16.5 Å².